The van der Waals surface area contributed by atoms with Crippen molar-refractivity contribution in [3.05, 3.63) is 53.5 Å². The van der Waals surface area contributed by atoms with Crippen LogP contribution in [0.4, 0.5) is 15.9 Å². The van der Waals surface area contributed by atoms with Gasteiger partial charge in [0.05, 0.1) is 5.56 Å². The predicted molar refractivity (Wildman–Crippen MR) is 82.1 cm³/mol. The highest BCUT2D eigenvalue weighted by Crippen LogP contribution is 2.17. The molecule has 0 aliphatic heterocycles. The minimum Gasteiger partial charge on any atom is -0.368 e. The topological polar surface area (TPSA) is 54.0 Å². The fourth-order valence-electron chi connectivity index (χ4n) is 1.91. The van der Waals surface area contributed by atoms with Crippen LogP contribution >= 0.6 is 0 Å². The van der Waals surface area contributed by atoms with Crippen LogP contribution < -0.4 is 10.6 Å². The highest BCUT2D eigenvalue weighted by Gasteiger charge is 2.16. The lowest BCUT2D eigenvalue weighted by Gasteiger charge is -2.10. The average Bonchev–Trinajstić information content (AvgIpc) is 2.46. The van der Waals surface area contributed by atoms with E-state index < -0.39 is 11.7 Å². The molecule has 110 valence electrons. The number of aryl methyl sites for hydroxylation is 1. The molecular formula is C16H18FN3O. The molecule has 0 atom stereocenters. The van der Waals surface area contributed by atoms with Crippen molar-refractivity contribution in [1.82, 2.24) is 4.98 Å². The van der Waals surface area contributed by atoms with Gasteiger partial charge in [-0.05, 0) is 37.1 Å². The Morgan fingerprint density at radius 3 is 2.86 bits per heavy atom. The van der Waals surface area contributed by atoms with Gasteiger partial charge in [0.2, 0.25) is 0 Å². The first-order valence-electron chi connectivity index (χ1n) is 6.88. The maximum Gasteiger partial charge on any atom is 0.258 e. The quantitative estimate of drug-likeness (QED) is 0.883. The van der Waals surface area contributed by atoms with Gasteiger partial charge < -0.3 is 10.6 Å². The second kappa shape index (κ2) is 6.83. The predicted octanol–water partition coefficient (Wildman–Crippen LogP) is 3.60. The molecule has 1 heterocycles. The van der Waals surface area contributed by atoms with E-state index >= 15 is 0 Å². The number of hydrogen-bond acceptors (Lipinski definition) is 3. The minimum absolute atomic E-state index is 0.0230. The van der Waals surface area contributed by atoms with Crippen molar-refractivity contribution in [2.75, 3.05) is 17.2 Å². The van der Waals surface area contributed by atoms with Gasteiger partial charge in [0.1, 0.15) is 0 Å². The first-order valence-corrected chi connectivity index (χ1v) is 6.88. The molecule has 0 fully saturated rings. The fourth-order valence-corrected chi connectivity index (χ4v) is 1.91. The number of halogens is 1. The molecule has 0 spiro atoms. The van der Waals surface area contributed by atoms with E-state index in [0.29, 0.717) is 12.2 Å². The van der Waals surface area contributed by atoms with E-state index in [4.69, 9.17) is 0 Å². The lowest BCUT2D eigenvalue weighted by atomic mass is 10.2. The zero-order valence-electron chi connectivity index (χ0n) is 12.1. The first kappa shape index (κ1) is 15.0. The van der Waals surface area contributed by atoms with Crippen LogP contribution in [0.15, 0.2) is 36.5 Å². The largest absolute Gasteiger partial charge is 0.368 e. The van der Waals surface area contributed by atoms with Gasteiger partial charge in [-0.3, -0.25) is 4.79 Å². The lowest BCUT2D eigenvalue weighted by Crippen LogP contribution is -2.16. The van der Waals surface area contributed by atoms with Gasteiger partial charge >= 0.3 is 0 Å². The maximum absolute atomic E-state index is 14.2. The van der Waals surface area contributed by atoms with Crippen molar-refractivity contribution in [2.24, 2.45) is 0 Å². The molecule has 21 heavy (non-hydrogen) atoms. The Labute approximate surface area is 123 Å². The molecule has 0 radical (unpaired) electrons. The molecule has 2 rings (SSSR count). The number of amides is 1. The molecule has 0 unspecified atom stereocenters. The summed E-state index contributed by atoms with van der Waals surface area (Å²) in [7, 11) is 0. The summed E-state index contributed by atoms with van der Waals surface area (Å²) >= 11 is 0. The summed E-state index contributed by atoms with van der Waals surface area (Å²) in [5.74, 6) is -1.01. The van der Waals surface area contributed by atoms with Gasteiger partial charge in [-0.2, -0.15) is 0 Å². The second-order valence-electron chi connectivity index (χ2n) is 4.77. The zero-order valence-corrected chi connectivity index (χ0v) is 12.1. The van der Waals surface area contributed by atoms with E-state index in [1.807, 2.05) is 32.0 Å². The van der Waals surface area contributed by atoms with Crippen molar-refractivity contribution in [3.63, 3.8) is 0 Å². The van der Waals surface area contributed by atoms with Crippen molar-refractivity contribution in [1.29, 1.82) is 0 Å². The molecular weight excluding hydrogens is 269 g/mol. The number of nitrogens with one attached hydrogen (secondary N) is 2. The second-order valence-corrected chi connectivity index (χ2v) is 4.77. The zero-order chi connectivity index (χ0) is 15.2. The molecule has 0 aliphatic rings. The van der Waals surface area contributed by atoms with Crippen LogP contribution in [0, 0.1) is 12.7 Å². The first-order chi connectivity index (χ1) is 10.1. The Kier molecular flexibility index (Phi) is 4.87. The SMILES string of the molecule is CCCNc1nccc(C(=O)Nc2cccc(C)c2)c1F. The summed E-state index contributed by atoms with van der Waals surface area (Å²) in [6, 6.07) is 8.72. The van der Waals surface area contributed by atoms with Gasteiger partial charge in [-0.1, -0.05) is 19.1 Å². The number of benzene rings is 1. The lowest BCUT2D eigenvalue weighted by molar-refractivity contribution is 0.102. The highest BCUT2D eigenvalue weighted by atomic mass is 19.1. The molecule has 1 aromatic heterocycles. The van der Waals surface area contributed by atoms with Crippen LogP contribution in [-0.2, 0) is 0 Å². The van der Waals surface area contributed by atoms with E-state index in [1.54, 1.807) is 6.07 Å². The van der Waals surface area contributed by atoms with Crippen molar-refractivity contribution in [3.8, 4) is 0 Å². The van der Waals surface area contributed by atoms with Crippen LogP contribution in [0.3, 0.4) is 0 Å². The maximum atomic E-state index is 14.2. The van der Waals surface area contributed by atoms with Gasteiger partial charge in [-0.15, -0.1) is 0 Å². The molecule has 1 amide bonds. The van der Waals surface area contributed by atoms with Crippen LogP contribution in [0.25, 0.3) is 0 Å². The molecule has 5 heteroatoms. The normalized spacial score (nSPS) is 10.2. The Morgan fingerprint density at radius 2 is 2.14 bits per heavy atom. The van der Waals surface area contributed by atoms with Crippen LogP contribution in [0.1, 0.15) is 29.3 Å². The molecule has 0 aliphatic carbocycles. The molecule has 0 bridgehead atoms. The average molecular weight is 287 g/mol. The van der Waals surface area contributed by atoms with E-state index in [0.717, 1.165) is 12.0 Å². The number of hydrogen-bond donors (Lipinski definition) is 2. The van der Waals surface area contributed by atoms with Crippen LogP contribution in [0.5, 0.6) is 0 Å². The Bertz CT molecular complexity index is 643. The summed E-state index contributed by atoms with van der Waals surface area (Å²) in [5.41, 5.74) is 1.64. The Hall–Kier alpha value is -2.43. The van der Waals surface area contributed by atoms with Gasteiger partial charge in [0.25, 0.3) is 5.91 Å². The van der Waals surface area contributed by atoms with Crippen LogP contribution in [-0.4, -0.2) is 17.4 Å². The third-order valence-electron chi connectivity index (χ3n) is 2.95. The van der Waals surface area contributed by atoms with E-state index in [2.05, 4.69) is 15.6 Å². The molecule has 0 saturated heterocycles. The molecule has 2 N–H and O–H groups in total. The van der Waals surface area contributed by atoms with E-state index in [1.165, 1.54) is 12.3 Å². The van der Waals surface area contributed by atoms with E-state index in [9.17, 15) is 9.18 Å². The Balaban J connectivity index is 2.19. The Morgan fingerprint density at radius 1 is 1.33 bits per heavy atom. The van der Waals surface area contributed by atoms with Gasteiger partial charge in [0.15, 0.2) is 11.6 Å². The summed E-state index contributed by atoms with van der Waals surface area (Å²) in [4.78, 5) is 16.1. The van der Waals surface area contributed by atoms with Crippen molar-refractivity contribution >= 4 is 17.4 Å². The number of rotatable bonds is 5. The summed E-state index contributed by atoms with van der Waals surface area (Å²) in [6.07, 6.45) is 2.27. The monoisotopic (exact) mass is 287 g/mol. The highest BCUT2D eigenvalue weighted by molar-refractivity contribution is 6.04. The van der Waals surface area contributed by atoms with E-state index in [-0.39, 0.29) is 11.4 Å². The summed E-state index contributed by atoms with van der Waals surface area (Å²) in [6.45, 7) is 4.50. The summed E-state index contributed by atoms with van der Waals surface area (Å²) < 4.78 is 14.2. The number of nitrogens with zero attached hydrogens (tertiary/aromatic N) is 1. The van der Waals surface area contributed by atoms with Gasteiger partial charge in [0, 0.05) is 18.4 Å². The van der Waals surface area contributed by atoms with Crippen molar-refractivity contribution < 1.29 is 9.18 Å². The van der Waals surface area contributed by atoms with Crippen LogP contribution in [0.2, 0.25) is 0 Å². The third-order valence-corrected chi connectivity index (χ3v) is 2.95. The van der Waals surface area contributed by atoms with Crippen molar-refractivity contribution in [2.45, 2.75) is 20.3 Å². The number of carbonyl (C=O) groups is 1. The number of anilines is 2. The molecule has 2 aromatic rings. The number of pyridine rings is 1. The standard InChI is InChI=1S/C16H18FN3O/c1-3-8-18-15-14(17)13(7-9-19-15)16(21)20-12-6-4-5-11(2)10-12/h4-7,9-10H,3,8H2,1-2H3,(H,18,19)(H,20,21). The third kappa shape index (κ3) is 3.78. The van der Waals surface area contributed by atoms with Gasteiger partial charge in [-0.25, -0.2) is 9.37 Å². The molecule has 4 nitrogen and oxygen atoms in total. The minimum atomic E-state index is -0.629. The smallest absolute Gasteiger partial charge is 0.258 e. The summed E-state index contributed by atoms with van der Waals surface area (Å²) in [5, 5.41) is 5.55. The fraction of sp³-hybridized carbons (Fsp3) is 0.250. The molecule has 1 aromatic carbocycles. The number of carbonyl (C=O) groups excluding carboxylic acids is 1. The number of aromatic nitrogens is 1. The molecule has 0 saturated carbocycles.